The van der Waals surface area contributed by atoms with Gasteiger partial charge in [-0.2, -0.15) is 15.8 Å². The summed E-state index contributed by atoms with van der Waals surface area (Å²) >= 11 is 0. The maximum absolute atomic E-state index is 13.1. The smallest absolute Gasteiger partial charge is 0.191 e. The van der Waals surface area contributed by atoms with E-state index in [1.165, 1.54) is 19.2 Å². The number of methoxy groups -OCH3 is 1. The molecule has 0 aliphatic heterocycles. The molecule has 4 rings (SSSR count). The van der Waals surface area contributed by atoms with Gasteiger partial charge in [-0.1, -0.05) is 18.2 Å². The van der Waals surface area contributed by atoms with Gasteiger partial charge >= 0.3 is 0 Å². The molecule has 2 aromatic rings. The van der Waals surface area contributed by atoms with Gasteiger partial charge in [0.25, 0.3) is 0 Å². The van der Waals surface area contributed by atoms with Crippen LogP contribution in [-0.2, 0) is 6.61 Å². The topological polar surface area (TPSA) is 116 Å². The number of nitrogens with two attached hydrogens (primary N) is 1. The van der Waals surface area contributed by atoms with Gasteiger partial charge < -0.3 is 15.2 Å². The van der Waals surface area contributed by atoms with Crippen molar-refractivity contribution in [2.24, 2.45) is 17.1 Å². The fraction of sp³-hybridized carbons (Fsp3) is 0.296. The molecule has 0 radical (unpaired) electrons. The fourth-order valence-electron chi connectivity index (χ4n) is 5.02. The lowest BCUT2D eigenvalue weighted by molar-refractivity contribution is 0.294. The highest BCUT2D eigenvalue weighted by Gasteiger charge is 2.53. The number of benzene rings is 2. The van der Waals surface area contributed by atoms with Crippen molar-refractivity contribution >= 4 is 0 Å². The zero-order valence-corrected chi connectivity index (χ0v) is 18.7. The van der Waals surface area contributed by atoms with E-state index in [-0.39, 0.29) is 29.6 Å². The first-order valence-electron chi connectivity index (χ1n) is 11.0. The summed E-state index contributed by atoms with van der Waals surface area (Å²) in [7, 11) is 1.54. The predicted octanol–water partition coefficient (Wildman–Crippen LogP) is 5.01. The van der Waals surface area contributed by atoms with Gasteiger partial charge in [0, 0.05) is 11.5 Å². The molecule has 2 aliphatic rings. The summed E-state index contributed by atoms with van der Waals surface area (Å²) < 4.78 is 24.5. The van der Waals surface area contributed by atoms with E-state index in [1.54, 1.807) is 12.1 Å². The lowest BCUT2D eigenvalue weighted by atomic mass is 9.56. The van der Waals surface area contributed by atoms with Crippen LogP contribution in [0.3, 0.4) is 0 Å². The van der Waals surface area contributed by atoms with Gasteiger partial charge in [0.05, 0.1) is 30.5 Å². The summed E-state index contributed by atoms with van der Waals surface area (Å²) in [6.45, 7) is 0.191. The number of ether oxygens (including phenoxy) is 2. The van der Waals surface area contributed by atoms with Gasteiger partial charge in [-0.15, -0.1) is 0 Å². The molecular weight excluding hydrogens is 431 g/mol. The highest BCUT2D eigenvalue weighted by Crippen LogP contribution is 2.56. The maximum atomic E-state index is 13.1. The number of hydrogen-bond acceptors (Lipinski definition) is 6. The molecule has 0 heterocycles. The monoisotopic (exact) mass is 454 g/mol. The van der Waals surface area contributed by atoms with Crippen molar-refractivity contribution in [1.82, 2.24) is 0 Å². The van der Waals surface area contributed by atoms with E-state index < -0.39 is 11.3 Å². The van der Waals surface area contributed by atoms with Gasteiger partial charge in [-0.3, -0.25) is 0 Å². The molecule has 0 unspecified atom stereocenters. The summed E-state index contributed by atoms with van der Waals surface area (Å²) in [6, 6.07) is 17.7. The number of fused-ring (bicyclic) bond motifs is 1. The number of hydrogen-bond donors (Lipinski definition) is 1. The van der Waals surface area contributed by atoms with Crippen LogP contribution in [0.25, 0.3) is 0 Å². The van der Waals surface area contributed by atoms with E-state index >= 15 is 0 Å². The molecule has 0 amide bonds. The molecule has 2 aliphatic carbocycles. The van der Waals surface area contributed by atoms with Crippen molar-refractivity contribution in [3.63, 3.8) is 0 Å². The van der Waals surface area contributed by atoms with E-state index in [4.69, 9.17) is 15.2 Å². The zero-order valence-electron chi connectivity index (χ0n) is 18.7. The van der Waals surface area contributed by atoms with Crippen LogP contribution in [0.4, 0.5) is 4.39 Å². The lowest BCUT2D eigenvalue weighted by Gasteiger charge is -2.43. The molecule has 0 fully saturated rings. The van der Waals surface area contributed by atoms with Crippen molar-refractivity contribution < 1.29 is 13.9 Å². The standard InChI is InChI=1S/C27H23FN4O2/c1-33-24-12-17(6-7-18(24)14-34-20-10-8-19(28)9-11-20)25-22-5-3-2-4-21(22)23(13-29)26(32)27(25,15-30)16-31/h4,6-12,22,25H,2-3,5,14,32H2,1H3/t22-,25+/m1/s1. The second-order valence-corrected chi connectivity index (χ2v) is 8.42. The Morgan fingerprint density at radius 2 is 1.85 bits per heavy atom. The number of nitriles is 3. The molecule has 0 spiro atoms. The number of nitrogens with zero attached hydrogens (tertiary/aromatic N) is 3. The molecule has 2 aromatic carbocycles. The van der Waals surface area contributed by atoms with E-state index in [2.05, 4.69) is 18.2 Å². The van der Waals surface area contributed by atoms with E-state index in [0.29, 0.717) is 11.5 Å². The first kappa shape index (κ1) is 22.9. The largest absolute Gasteiger partial charge is 0.496 e. The van der Waals surface area contributed by atoms with Crippen LogP contribution < -0.4 is 15.2 Å². The third kappa shape index (κ3) is 3.74. The minimum atomic E-state index is -1.67. The molecular formula is C27H23FN4O2. The van der Waals surface area contributed by atoms with Crippen LogP contribution in [0.1, 0.15) is 36.3 Å². The molecule has 6 nitrogen and oxygen atoms in total. The van der Waals surface area contributed by atoms with Gasteiger partial charge in [0.15, 0.2) is 5.41 Å². The van der Waals surface area contributed by atoms with Crippen molar-refractivity contribution in [2.75, 3.05) is 7.11 Å². The van der Waals surface area contributed by atoms with Gasteiger partial charge in [-0.05, 0) is 66.6 Å². The SMILES string of the molecule is COc1cc([C@H]2[C@@H]3CCCC=C3C(C#N)=C(N)C2(C#N)C#N)ccc1COc1ccc(F)cc1. The predicted molar refractivity (Wildman–Crippen MR) is 122 cm³/mol. The van der Waals surface area contributed by atoms with E-state index in [1.807, 2.05) is 24.3 Å². The molecule has 7 heteroatoms. The average Bonchev–Trinajstić information content (AvgIpc) is 2.88. The highest BCUT2D eigenvalue weighted by atomic mass is 19.1. The minimum Gasteiger partial charge on any atom is -0.496 e. The Balaban J connectivity index is 1.75. The molecule has 0 saturated heterocycles. The van der Waals surface area contributed by atoms with Crippen molar-refractivity contribution in [1.29, 1.82) is 15.8 Å². The quantitative estimate of drug-likeness (QED) is 0.679. The third-order valence-corrected chi connectivity index (χ3v) is 6.68. The Labute approximate surface area is 197 Å². The molecule has 0 bridgehead atoms. The Hall–Kier alpha value is -4.28. The number of halogens is 1. The second kappa shape index (κ2) is 9.30. The summed E-state index contributed by atoms with van der Waals surface area (Å²) in [5.74, 6) is -0.0107. The molecule has 34 heavy (non-hydrogen) atoms. The van der Waals surface area contributed by atoms with Crippen LogP contribution in [-0.4, -0.2) is 7.11 Å². The summed E-state index contributed by atoms with van der Waals surface area (Å²) in [5.41, 5.74) is 7.25. The third-order valence-electron chi connectivity index (χ3n) is 6.68. The highest BCUT2D eigenvalue weighted by molar-refractivity contribution is 5.59. The molecule has 2 N–H and O–H groups in total. The van der Waals surface area contributed by atoms with Crippen LogP contribution in [0.2, 0.25) is 0 Å². The Bertz CT molecular complexity index is 1280. The molecule has 2 atom stereocenters. The van der Waals surface area contributed by atoms with Crippen molar-refractivity contribution in [3.05, 3.63) is 82.3 Å². The Morgan fingerprint density at radius 3 is 2.50 bits per heavy atom. The number of rotatable bonds is 5. The summed E-state index contributed by atoms with van der Waals surface area (Å²) in [4.78, 5) is 0. The minimum absolute atomic E-state index is 0.0112. The molecule has 0 saturated carbocycles. The van der Waals surface area contributed by atoms with Crippen LogP contribution in [0.15, 0.2) is 65.4 Å². The van der Waals surface area contributed by atoms with Gasteiger partial charge in [-0.25, -0.2) is 4.39 Å². The lowest BCUT2D eigenvalue weighted by Crippen LogP contribution is -2.42. The zero-order chi connectivity index (χ0) is 24.3. The molecule has 170 valence electrons. The van der Waals surface area contributed by atoms with E-state index in [0.717, 1.165) is 36.0 Å². The van der Waals surface area contributed by atoms with Crippen molar-refractivity contribution in [3.8, 4) is 29.7 Å². The Kier molecular flexibility index (Phi) is 6.26. The maximum Gasteiger partial charge on any atom is 0.191 e. The second-order valence-electron chi connectivity index (χ2n) is 8.42. The fourth-order valence-corrected chi connectivity index (χ4v) is 5.02. The van der Waals surface area contributed by atoms with Gasteiger partial charge in [0.2, 0.25) is 0 Å². The molecule has 0 aromatic heterocycles. The van der Waals surface area contributed by atoms with Crippen LogP contribution >= 0.6 is 0 Å². The Morgan fingerprint density at radius 1 is 1.12 bits per heavy atom. The normalized spacial score (nSPS) is 20.7. The van der Waals surface area contributed by atoms with Crippen molar-refractivity contribution in [2.45, 2.75) is 31.8 Å². The number of allylic oxidation sites excluding steroid dienone is 4. The van der Waals surface area contributed by atoms with E-state index in [9.17, 15) is 20.2 Å². The van der Waals surface area contributed by atoms with Crippen LogP contribution in [0.5, 0.6) is 11.5 Å². The summed E-state index contributed by atoms with van der Waals surface area (Å²) in [5, 5.41) is 30.1. The van der Waals surface area contributed by atoms with Gasteiger partial charge in [0.1, 0.15) is 30.0 Å². The first-order chi connectivity index (χ1) is 16.5. The first-order valence-corrected chi connectivity index (χ1v) is 11.0. The summed E-state index contributed by atoms with van der Waals surface area (Å²) in [6.07, 6.45) is 4.48. The average molecular weight is 455 g/mol. The van der Waals surface area contributed by atoms with Crippen LogP contribution in [0, 0.1) is 51.1 Å².